The van der Waals surface area contributed by atoms with Crippen molar-refractivity contribution >= 4 is 46.5 Å². The molecule has 148 valence electrons. The monoisotopic (exact) mass is 427 g/mol. The maximum Gasteiger partial charge on any atom is 0.250 e. The Morgan fingerprint density at radius 3 is 2.79 bits per heavy atom. The number of aryl methyl sites for hydroxylation is 1. The van der Waals surface area contributed by atoms with E-state index in [2.05, 4.69) is 10.3 Å². The molecule has 6 nitrogen and oxygen atoms in total. The number of benzene rings is 2. The van der Waals surface area contributed by atoms with E-state index in [0.717, 1.165) is 16.3 Å². The van der Waals surface area contributed by atoms with Crippen molar-refractivity contribution in [3.05, 3.63) is 80.8 Å². The van der Waals surface area contributed by atoms with Crippen LogP contribution >= 0.6 is 22.9 Å². The van der Waals surface area contributed by atoms with Crippen molar-refractivity contribution in [1.82, 2.24) is 4.98 Å². The fraction of sp³-hybridized carbons (Fsp3) is 0.0952. The van der Waals surface area contributed by atoms with E-state index in [-0.39, 0.29) is 16.5 Å². The molecule has 0 aliphatic carbocycles. The van der Waals surface area contributed by atoms with E-state index in [1.54, 1.807) is 23.5 Å². The van der Waals surface area contributed by atoms with Crippen LogP contribution in [0.15, 0.2) is 53.9 Å². The maximum absolute atomic E-state index is 12.1. The fourth-order valence-electron chi connectivity index (χ4n) is 2.49. The lowest BCUT2D eigenvalue weighted by Gasteiger charge is -2.06. The van der Waals surface area contributed by atoms with Gasteiger partial charge in [-0.15, -0.1) is 11.3 Å². The summed E-state index contributed by atoms with van der Waals surface area (Å²) in [5.74, 6) is -0.274. The van der Waals surface area contributed by atoms with Gasteiger partial charge in [-0.2, -0.15) is 0 Å². The van der Waals surface area contributed by atoms with Gasteiger partial charge in [0.1, 0.15) is 12.4 Å². The molecule has 0 atom stereocenters. The lowest BCUT2D eigenvalue weighted by Crippen LogP contribution is -2.12. The number of amides is 2. The van der Waals surface area contributed by atoms with Gasteiger partial charge in [-0.3, -0.25) is 9.59 Å². The summed E-state index contributed by atoms with van der Waals surface area (Å²) in [6, 6.07) is 11.9. The summed E-state index contributed by atoms with van der Waals surface area (Å²) in [5.41, 5.74) is 7.57. The number of hydrogen-bond donors (Lipinski definition) is 2. The lowest BCUT2D eigenvalue weighted by atomic mass is 10.2. The van der Waals surface area contributed by atoms with E-state index in [0.29, 0.717) is 18.0 Å². The second-order valence-corrected chi connectivity index (χ2v) is 7.57. The Kier molecular flexibility index (Phi) is 6.64. The van der Waals surface area contributed by atoms with Crippen LogP contribution in [0.25, 0.3) is 6.08 Å². The number of ether oxygens (including phenoxy) is 1. The molecular formula is C21H18ClN3O3S. The number of nitrogens with two attached hydrogens (primary N) is 1. The Morgan fingerprint density at radius 1 is 1.28 bits per heavy atom. The molecule has 3 rings (SSSR count). The van der Waals surface area contributed by atoms with E-state index >= 15 is 0 Å². The van der Waals surface area contributed by atoms with E-state index in [1.807, 2.05) is 36.6 Å². The zero-order chi connectivity index (χ0) is 20.8. The standard InChI is InChI=1S/C21H18ClN3O3S/c1-13-24-16(12-29-13)11-28-17-4-2-3-14(9-17)5-8-20(26)25-15-6-7-18(21(23)27)19(22)10-15/h2-10,12H,11H2,1H3,(H2,23,27)(H,25,26)/b8-5+. The van der Waals surface area contributed by atoms with Crippen molar-refractivity contribution in [2.24, 2.45) is 5.73 Å². The summed E-state index contributed by atoms with van der Waals surface area (Å²) in [4.78, 5) is 27.7. The number of nitrogens with zero attached hydrogens (tertiary/aromatic N) is 1. The minimum Gasteiger partial charge on any atom is -0.487 e. The Bertz CT molecular complexity index is 1080. The summed E-state index contributed by atoms with van der Waals surface area (Å²) in [6.45, 7) is 2.34. The van der Waals surface area contributed by atoms with Gasteiger partial charge in [-0.25, -0.2) is 4.98 Å². The zero-order valence-corrected chi connectivity index (χ0v) is 17.1. The van der Waals surface area contributed by atoms with E-state index in [4.69, 9.17) is 22.1 Å². The molecule has 2 aromatic carbocycles. The van der Waals surface area contributed by atoms with Crippen LogP contribution < -0.4 is 15.8 Å². The molecule has 0 spiro atoms. The zero-order valence-electron chi connectivity index (χ0n) is 15.5. The highest BCUT2D eigenvalue weighted by Crippen LogP contribution is 2.21. The van der Waals surface area contributed by atoms with Crippen molar-refractivity contribution < 1.29 is 14.3 Å². The first-order valence-electron chi connectivity index (χ1n) is 8.63. The molecular weight excluding hydrogens is 410 g/mol. The van der Waals surface area contributed by atoms with E-state index in [9.17, 15) is 9.59 Å². The number of rotatable bonds is 7. The molecule has 0 aliphatic rings. The molecule has 0 bridgehead atoms. The molecule has 0 radical (unpaired) electrons. The SMILES string of the molecule is Cc1nc(COc2cccc(/C=C/C(=O)Nc3ccc(C(N)=O)c(Cl)c3)c2)cs1. The van der Waals surface area contributed by atoms with Crippen LogP contribution in [0.3, 0.4) is 0 Å². The fourth-order valence-corrected chi connectivity index (χ4v) is 3.36. The summed E-state index contributed by atoms with van der Waals surface area (Å²) in [6.07, 6.45) is 3.08. The van der Waals surface area contributed by atoms with Gasteiger partial charge < -0.3 is 15.8 Å². The maximum atomic E-state index is 12.1. The van der Waals surface area contributed by atoms with Crippen LogP contribution in [-0.2, 0) is 11.4 Å². The smallest absolute Gasteiger partial charge is 0.250 e. The third-order valence-corrected chi connectivity index (χ3v) is 4.98. The number of hydrogen-bond acceptors (Lipinski definition) is 5. The molecule has 8 heteroatoms. The van der Waals surface area contributed by atoms with Crippen molar-refractivity contribution in [2.45, 2.75) is 13.5 Å². The largest absolute Gasteiger partial charge is 0.487 e. The number of halogens is 1. The van der Waals surface area contributed by atoms with Crippen LogP contribution in [-0.4, -0.2) is 16.8 Å². The Labute approximate surface area is 177 Å². The van der Waals surface area contributed by atoms with Crippen molar-refractivity contribution in [1.29, 1.82) is 0 Å². The van der Waals surface area contributed by atoms with Gasteiger partial charge in [0.25, 0.3) is 0 Å². The van der Waals surface area contributed by atoms with E-state index < -0.39 is 5.91 Å². The minimum atomic E-state index is -0.625. The van der Waals surface area contributed by atoms with Crippen molar-refractivity contribution in [3.8, 4) is 5.75 Å². The van der Waals surface area contributed by atoms with Gasteiger partial charge in [-0.1, -0.05) is 23.7 Å². The molecule has 29 heavy (non-hydrogen) atoms. The molecule has 3 aromatic rings. The summed E-state index contributed by atoms with van der Waals surface area (Å²) >= 11 is 7.57. The first-order valence-corrected chi connectivity index (χ1v) is 9.89. The Morgan fingerprint density at radius 2 is 2.10 bits per heavy atom. The van der Waals surface area contributed by atoms with Gasteiger partial charge in [0, 0.05) is 17.1 Å². The number of carbonyl (C=O) groups excluding carboxylic acids is 2. The first kappa shape index (κ1) is 20.6. The second kappa shape index (κ2) is 9.36. The van der Waals surface area contributed by atoms with Gasteiger partial charge in [0.2, 0.25) is 11.8 Å². The number of anilines is 1. The molecule has 0 aliphatic heterocycles. The minimum absolute atomic E-state index is 0.180. The highest BCUT2D eigenvalue weighted by Gasteiger charge is 2.08. The quantitative estimate of drug-likeness (QED) is 0.545. The average molecular weight is 428 g/mol. The van der Waals surface area contributed by atoms with Crippen molar-refractivity contribution in [2.75, 3.05) is 5.32 Å². The van der Waals surface area contributed by atoms with E-state index in [1.165, 1.54) is 18.2 Å². The highest BCUT2D eigenvalue weighted by atomic mass is 35.5. The molecule has 1 aromatic heterocycles. The normalized spacial score (nSPS) is 10.8. The summed E-state index contributed by atoms with van der Waals surface area (Å²) < 4.78 is 5.75. The molecule has 2 amide bonds. The molecule has 1 heterocycles. The molecule has 0 saturated heterocycles. The number of nitrogens with one attached hydrogen (secondary N) is 1. The van der Waals surface area contributed by atoms with Crippen LogP contribution in [0.5, 0.6) is 5.75 Å². The van der Waals surface area contributed by atoms with Crippen LogP contribution in [0.4, 0.5) is 5.69 Å². The topological polar surface area (TPSA) is 94.3 Å². The lowest BCUT2D eigenvalue weighted by molar-refractivity contribution is -0.111. The predicted octanol–water partition coefficient (Wildman–Crippen LogP) is 4.43. The van der Waals surface area contributed by atoms with Crippen LogP contribution in [0, 0.1) is 6.92 Å². The predicted molar refractivity (Wildman–Crippen MR) is 115 cm³/mol. The number of carbonyl (C=O) groups is 2. The summed E-state index contributed by atoms with van der Waals surface area (Å²) in [5, 5.41) is 5.82. The third-order valence-electron chi connectivity index (χ3n) is 3.84. The van der Waals surface area contributed by atoms with Gasteiger partial charge >= 0.3 is 0 Å². The third kappa shape index (κ3) is 5.91. The summed E-state index contributed by atoms with van der Waals surface area (Å²) in [7, 11) is 0. The number of thiazole rings is 1. The Hall–Kier alpha value is -3.16. The van der Waals surface area contributed by atoms with Gasteiger partial charge in [-0.05, 0) is 48.9 Å². The van der Waals surface area contributed by atoms with Crippen LogP contribution in [0.1, 0.15) is 26.6 Å². The van der Waals surface area contributed by atoms with Crippen molar-refractivity contribution in [3.63, 3.8) is 0 Å². The molecule has 0 fully saturated rings. The molecule has 3 N–H and O–H groups in total. The highest BCUT2D eigenvalue weighted by molar-refractivity contribution is 7.09. The number of aromatic nitrogens is 1. The Balaban J connectivity index is 1.59. The van der Waals surface area contributed by atoms with Gasteiger partial charge in [0.15, 0.2) is 0 Å². The average Bonchev–Trinajstić information content (AvgIpc) is 3.10. The number of primary amides is 1. The molecule has 0 unspecified atom stereocenters. The van der Waals surface area contributed by atoms with Crippen LogP contribution in [0.2, 0.25) is 5.02 Å². The molecule has 0 saturated carbocycles. The second-order valence-electron chi connectivity index (χ2n) is 6.10. The first-order chi connectivity index (χ1) is 13.9. The van der Waals surface area contributed by atoms with Gasteiger partial charge in [0.05, 0.1) is 21.3 Å².